The Labute approximate surface area is 166 Å². The molecule has 0 aromatic heterocycles. The number of hydrogen-bond acceptors (Lipinski definition) is 4. The molecule has 0 bridgehead atoms. The molecule has 0 aliphatic heterocycles. The van der Waals surface area contributed by atoms with E-state index in [1.54, 1.807) is 78.9 Å². The minimum absolute atomic E-state index is 0.360. The third kappa shape index (κ3) is 4.88. The fourth-order valence-corrected chi connectivity index (χ4v) is 2.98. The van der Waals surface area contributed by atoms with Crippen LogP contribution in [0.2, 0.25) is 10.0 Å². The molecule has 4 nitrogen and oxygen atoms in total. The van der Waals surface area contributed by atoms with Crippen molar-refractivity contribution in [1.82, 2.24) is 0 Å². The van der Waals surface area contributed by atoms with Crippen molar-refractivity contribution in [3.8, 4) is 0 Å². The van der Waals surface area contributed by atoms with Gasteiger partial charge in [0.15, 0.2) is 17.6 Å². The first kappa shape index (κ1) is 19.0. The second kappa shape index (κ2) is 8.71. The summed E-state index contributed by atoms with van der Waals surface area (Å²) in [5.74, 6) is -0.859. The normalized spacial score (nSPS) is 11.1. The van der Waals surface area contributed by atoms with Crippen molar-refractivity contribution in [1.29, 1.82) is 0 Å². The molecular formula is C21H14Cl2N2O2. The van der Waals surface area contributed by atoms with Crippen LogP contribution in [0.3, 0.4) is 0 Å². The maximum absolute atomic E-state index is 12.9. The van der Waals surface area contributed by atoms with Gasteiger partial charge in [0.05, 0.1) is 5.69 Å². The van der Waals surface area contributed by atoms with Gasteiger partial charge < -0.3 is 0 Å². The van der Waals surface area contributed by atoms with E-state index in [9.17, 15) is 9.59 Å². The van der Waals surface area contributed by atoms with E-state index >= 15 is 0 Å². The van der Waals surface area contributed by atoms with Crippen LogP contribution in [0.1, 0.15) is 20.7 Å². The summed E-state index contributed by atoms with van der Waals surface area (Å²) in [6.07, 6.45) is 0. The van der Waals surface area contributed by atoms with Crippen LogP contribution < -0.4 is 0 Å². The predicted octanol–water partition coefficient (Wildman–Crippen LogP) is 6.21. The Bertz CT molecular complexity index is 918. The third-order valence-electron chi connectivity index (χ3n) is 3.75. The van der Waals surface area contributed by atoms with Gasteiger partial charge in [-0.1, -0.05) is 83.9 Å². The van der Waals surface area contributed by atoms with E-state index in [4.69, 9.17) is 23.2 Å². The number of hydrogen-bond donors (Lipinski definition) is 0. The number of carbonyl (C=O) groups is 2. The molecular weight excluding hydrogens is 383 g/mol. The van der Waals surface area contributed by atoms with Gasteiger partial charge in [0.1, 0.15) is 0 Å². The Kier molecular flexibility index (Phi) is 6.12. The Hall–Kier alpha value is -2.82. The predicted molar refractivity (Wildman–Crippen MR) is 106 cm³/mol. The molecule has 0 radical (unpaired) electrons. The summed E-state index contributed by atoms with van der Waals surface area (Å²) in [7, 11) is 0. The van der Waals surface area contributed by atoms with Crippen molar-refractivity contribution >= 4 is 40.5 Å². The summed E-state index contributed by atoms with van der Waals surface area (Å²) in [4.78, 5) is 25.8. The minimum Gasteiger partial charge on any atom is -0.291 e. The number of nitrogens with zero attached hydrogens (tertiary/aromatic N) is 2. The highest BCUT2D eigenvalue weighted by Gasteiger charge is 2.28. The molecule has 0 unspecified atom stereocenters. The molecule has 0 heterocycles. The van der Waals surface area contributed by atoms with E-state index in [-0.39, 0.29) is 0 Å². The van der Waals surface area contributed by atoms with Crippen LogP contribution in [0.15, 0.2) is 89.1 Å². The average Bonchev–Trinajstić information content (AvgIpc) is 2.68. The Morgan fingerprint density at radius 3 is 1.59 bits per heavy atom. The smallest absolute Gasteiger partial charge is 0.197 e. The number of carbonyl (C=O) groups excluding carboxylic acids is 2. The van der Waals surface area contributed by atoms with Crippen molar-refractivity contribution < 1.29 is 9.59 Å². The summed E-state index contributed by atoms with van der Waals surface area (Å²) >= 11 is 11.9. The second-order valence-corrected chi connectivity index (χ2v) is 6.58. The zero-order valence-corrected chi connectivity index (χ0v) is 15.6. The van der Waals surface area contributed by atoms with E-state index in [1.165, 1.54) is 0 Å². The molecule has 0 saturated heterocycles. The molecule has 0 N–H and O–H groups in total. The monoisotopic (exact) mass is 396 g/mol. The van der Waals surface area contributed by atoms with E-state index in [0.717, 1.165) is 0 Å². The molecule has 27 heavy (non-hydrogen) atoms. The van der Waals surface area contributed by atoms with Crippen LogP contribution >= 0.6 is 23.2 Å². The standard InChI is InChI=1S/C21H14Cl2N2O2/c22-16-11-17(23)13-18(12-16)24-25-19(20(26)14-7-3-1-4-8-14)21(27)15-9-5-2-6-10-15/h1-13,19H. The van der Waals surface area contributed by atoms with Crippen LogP contribution in [0.4, 0.5) is 5.69 Å². The zero-order chi connectivity index (χ0) is 19.2. The lowest BCUT2D eigenvalue weighted by molar-refractivity contribution is 0.0861. The maximum Gasteiger partial charge on any atom is 0.197 e. The van der Waals surface area contributed by atoms with Crippen molar-refractivity contribution in [3.05, 3.63) is 100 Å². The molecule has 3 aromatic carbocycles. The van der Waals surface area contributed by atoms with Crippen molar-refractivity contribution in [2.24, 2.45) is 10.2 Å². The summed E-state index contributed by atoms with van der Waals surface area (Å²) in [6, 6.07) is 20.4. The van der Waals surface area contributed by atoms with Crippen LogP contribution in [0.5, 0.6) is 0 Å². The van der Waals surface area contributed by atoms with Gasteiger partial charge in [0, 0.05) is 21.2 Å². The highest BCUT2D eigenvalue weighted by molar-refractivity contribution is 6.35. The minimum atomic E-state index is -1.30. The third-order valence-corrected chi connectivity index (χ3v) is 4.19. The van der Waals surface area contributed by atoms with Gasteiger partial charge in [-0.25, -0.2) is 0 Å². The van der Waals surface area contributed by atoms with E-state index in [0.29, 0.717) is 26.9 Å². The summed E-state index contributed by atoms with van der Waals surface area (Å²) in [5, 5.41) is 8.85. The summed E-state index contributed by atoms with van der Waals surface area (Å²) in [5.41, 5.74) is 1.13. The lowest BCUT2D eigenvalue weighted by Crippen LogP contribution is -2.28. The Morgan fingerprint density at radius 1 is 0.704 bits per heavy atom. The average molecular weight is 397 g/mol. The fraction of sp³-hybridized carbons (Fsp3) is 0.0476. The van der Waals surface area contributed by atoms with Gasteiger partial charge in [-0.05, 0) is 18.2 Å². The lowest BCUT2D eigenvalue weighted by Gasteiger charge is -2.10. The van der Waals surface area contributed by atoms with Gasteiger partial charge in [0.25, 0.3) is 0 Å². The lowest BCUT2D eigenvalue weighted by atomic mass is 9.97. The fourth-order valence-electron chi connectivity index (χ4n) is 2.47. The van der Waals surface area contributed by atoms with Gasteiger partial charge in [-0.3, -0.25) is 9.59 Å². The number of ketones is 2. The molecule has 3 rings (SSSR count). The topological polar surface area (TPSA) is 58.9 Å². The zero-order valence-electron chi connectivity index (χ0n) is 14.0. The van der Waals surface area contributed by atoms with Crippen molar-refractivity contribution in [3.63, 3.8) is 0 Å². The van der Waals surface area contributed by atoms with Crippen molar-refractivity contribution in [2.75, 3.05) is 0 Å². The maximum atomic E-state index is 12.9. The molecule has 0 spiro atoms. The first-order chi connectivity index (χ1) is 13.0. The van der Waals surface area contributed by atoms with Crippen LogP contribution in [-0.4, -0.2) is 17.6 Å². The molecule has 6 heteroatoms. The first-order valence-corrected chi connectivity index (χ1v) is 8.85. The number of azo groups is 1. The Morgan fingerprint density at radius 2 is 1.15 bits per heavy atom. The van der Waals surface area contributed by atoms with Crippen molar-refractivity contribution in [2.45, 2.75) is 6.04 Å². The quantitative estimate of drug-likeness (QED) is 0.282. The molecule has 0 fully saturated rings. The molecule has 0 aliphatic carbocycles. The van der Waals surface area contributed by atoms with Gasteiger partial charge >= 0.3 is 0 Å². The molecule has 3 aromatic rings. The van der Waals surface area contributed by atoms with Crippen LogP contribution in [0.25, 0.3) is 0 Å². The second-order valence-electron chi connectivity index (χ2n) is 5.71. The largest absolute Gasteiger partial charge is 0.291 e. The Balaban J connectivity index is 1.98. The number of halogens is 2. The van der Waals surface area contributed by atoms with Crippen LogP contribution in [0, 0.1) is 0 Å². The van der Waals surface area contributed by atoms with Gasteiger partial charge in [0.2, 0.25) is 0 Å². The van der Waals surface area contributed by atoms with Crippen LogP contribution in [-0.2, 0) is 0 Å². The van der Waals surface area contributed by atoms with Gasteiger partial charge in [-0.2, -0.15) is 10.2 Å². The van der Waals surface area contributed by atoms with Gasteiger partial charge in [-0.15, -0.1) is 0 Å². The molecule has 134 valence electrons. The first-order valence-electron chi connectivity index (χ1n) is 8.10. The van der Waals surface area contributed by atoms with E-state index < -0.39 is 17.6 Å². The summed E-state index contributed by atoms with van der Waals surface area (Å²) in [6.45, 7) is 0. The number of rotatable bonds is 6. The SMILES string of the molecule is O=C(c1ccccc1)C(N=Nc1cc(Cl)cc(Cl)c1)C(=O)c1ccccc1. The number of benzene rings is 3. The molecule has 0 amide bonds. The highest BCUT2D eigenvalue weighted by Crippen LogP contribution is 2.25. The number of Topliss-reactive ketones (excluding diaryl/α,β-unsaturated/α-hetero) is 2. The van der Waals surface area contributed by atoms with E-state index in [1.807, 2.05) is 0 Å². The summed E-state index contributed by atoms with van der Waals surface area (Å²) < 4.78 is 0. The molecule has 0 saturated carbocycles. The highest BCUT2D eigenvalue weighted by atomic mass is 35.5. The van der Waals surface area contributed by atoms with E-state index in [2.05, 4.69) is 10.2 Å². The molecule has 0 aliphatic rings. The molecule has 0 atom stereocenters.